The molecular formula is C22H20N4O. The number of hydrogen-bond acceptors (Lipinski definition) is 4. The number of hydrogen-bond donors (Lipinski definition) is 0. The van der Waals surface area contributed by atoms with Gasteiger partial charge in [0.2, 0.25) is 5.95 Å². The average Bonchev–Trinajstić information content (AvgIpc) is 3.17. The quantitative estimate of drug-likeness (QED) is 0.707. The summed E-state index contributed by atoms with van der Waals surface area (Å²) in [5.41, 5.74) is 5.35. The van der Waals surface area contributed by atoms with Crippen molar-refractivity contribution in [3.8, 4) is 0 Å². The molecule has 0 saturated carbocycles. The zero-order chi connectivity index (χ0) is 18.2. The van der Waals surface area contributed by atoms with Gasteiger partial charge >= 0.3 is 0 Å². The number of aromatic nitrogens is 2. The van der Waals surface area contributed by atoms with Crippen LogP contribution >= 0.6 is 0 Å². The third kappa shape index (κ3) is 2.85. The Morgan fingerprint density at radius 3 is 2.48 bits per heavy atom. The molecule has 27 heavy (non-hydrogen) atoms. The summed E-state index contributed by atoms with van der Waals surface area (Å²) in [7, 11) is 0. The minimum Gasteiger partial charge on any atom is -0.336 e. The van der Waals surface area contributed by atoms with Crippen molar-refractivity contribution in [2.75, 3.05) is 22.9 Å². The van der Waals surface area contributed by atoms with Crippen molar-refractivity contribution in [1.29, 1.82) is 0 Å². The first-order chi connectivity index (χ1) is 13.3. The van der Waals surface area contributed by atoms with Gasteiger partial charge in [0.15, 0.2) is 0 Å². The van der Waals surface area contributed by atoms with Gasteiger partial charge in [0, 0.05) is 31.5 Å². The summed E-state index contributed by atoms with van der Waals surface area (Å²) in [5.74, 6) is 0.573. The first-order valence-corrected chi connectivity index (χ1v) is 9.34. The number of anilines is 2. The van der Waals surface area contributed by atoms with Gasteiger partial charge in [0.25, 0.3) is 5.91 Å². The molecule has 1 amide bonds. The topological polar surface area (TPSA) is 49.3 Å². The molecule has 5 nitrogen and oxygen atoms in total. The van der Waals surface area contributed by atoms with Gasteiger partial charge in [-0.3, -0.25) is 4.79 Å². The third-order valence-corrected chi connectivity index (χ3v) is 5.41. The van der Waals surface area contributed by atoms with Gasteiger partial charge in [-0.25, -0.2) is 9.97 Å². The fraction of sp³-hybridized carbons (Fsp3) is 0.227. The van der Waals surface area contributed by atoms with E-state index in [0.29, 0.717) is 18.2 Å². The molecule has 0 bridgehead atoms. The van der Waals surface area contributed by atoms with Gasteiger partial charge in [-0.05, 0) is 41.7 Å². The Balaban J connectivity index is 1.41. The van der Waals surface area contributed by atoms with Crippen LogP contribution in [-0.2, 0) is 19.4 Å². The van der Waals surface area contributed by atoms with Crippen LogP contribution in [-0.4, -0.2) is 29.0 Å². The summed E-state index contributed by atoms with van der Waals surface area (Å²) in [6, 6.07) is 18.3. The Hall–Kier alpha value is -3.21. The predicted molar refractivity (Wildman–Crippen MR) is 105 cm³/mol. The Kier molecular flexibility index (Phi) is 3.85. The van der Waals surface area contributed by atoms with Crippen LogP contribution < -0.4 is 9.80 Å². The maximum Gasteiger partial charge on any atom is 0.277 e. The molecule has 0 spiro atoms. The second-order valence-electron chi connectivity index (χ2n) is 7.02. The predicted octanol–water partition coefficient (Wildman–Crippen LogP) is 3.24. The van der Waals surface area contributed by atoms with E-state index in [1.165, 1.54) is 16.7 Å². The van der Waals surface area contributed by atoms with Crippen LogP contribution in [0, 0.1) is 0 Å². The summed E-state index contributed by atoms with van der Waals surface area (Å²) in [6.07, 6.45) is 3.55. The van der Waals surface area contributed by atoms with Crippen LogP contribution in [0.2, 0.25) is 0 Å². The van der Waals surface area contributed by atoms with E-state index < -0.39 is 0 Å². The van der Waals surface area contributed by atoms with Gasteiger partial charge in [-0.15, -0.1) is 0 Å². The second kappa shape index (κ2) is 6.50. The molecule has 0 fully saturated rings. The van der Waals surface area contributed by atoms with E-state index in [1.807, 2.05) is 23.1 Å². The fourth-order valence-corrected chi connectivity index (χ4v) is 3.97. The lowest BCUT2D eigenvalue weighted by atomic mass is 10.0. The Labute approximate surface area is 158 Å². The van der Waals surface area contributed by atoms with E-state index in [-0.39, 0.29) is 5.91 Å². The monoisotopic (exact) mass is 356 g/mol. The van der Waals surface area contributed by atoms with E-state index in [1.54, 1.807) is 12.3 Å². The van der Waals surface area contributed by atoms with Gasteiger partial charge in [-0.2, -0.15) is 0 Å². The van der Waals surface area contributed by atoms with Crippen LogP contribution in [0.1, 0.15) is 27.2 Å². The first kappa shape index (κ1) is 16.0. The Bertz CT molecular complexity index is 1020. The molecule has 1 aromatic heterocycles. The summed E-state index contributed by atoms with van der Waals surface area (Å²) < 4.78 is 0. The van der Waals surface area contributed by atoms with Crippen LogP contribution in [0.25, 0.3) is 0 Å². The molecular weight excluding hydrogens is 336 g/mol. The molecule has 2 aliphatic rings. The standard InChI is InChI=1S/C22H20N4O/c27-21(26-14-11-17-6-3-4-8-20(17)26)19-9-12-23-22(24-19)25-13-10-16-5-1-2-7-18(16)15-25/h1-9,12H,10-11,13-15H2. The van der Waals surface area contributed by atoms with Gasteiger partial charge in [-0.1, -0.05) is 42.5 Å². The Morgan fingerprint density at radius 1 is 0.852 bits per heavy atom. The summed E-state index contributed by atoms with van der Waals surface area (Å²) in [5, 5.41) is 0. The number of carbonyl (C=O) groups excluding carboxylic acids is 1. The van der Waals surface area contributed by atoms with Crippen molar-refractivity contribution in [1.82, 2.24) is 9.97 Å². The van der Waals surface area contributed by atoms with Gasteiger partial charge in [0.05, 0.1) is 0 Å². The molecule has 2 aromatic carbocycles. The lowest BCUT2D eigenvalue weighted by molar-refractivity contribution is 0.0984. The number of carbonyl (C=O) groups is 1. The number of amides is 1. The number of benzene rings is 2. The van der Waals surface area contributed by atoms with E-state index in [4.69, 9.17) is 0 Å². The average molecular weight is 356 g/mol. The maximum absolute atomic E-state index is 13.1. The van der Waals surface area contributed by atoms with E-state index >= 15 is 0 Å². The SMILES string of the molecule is O=C(c1ccnc(N2CCc3ccccc3C2)n1)N1CCc2ccccc21. The van der Waals surface area contributed by atoms with Crippen molar-refractivity contribution in [3.63, 3.8) is 0 Å². The number of rotatable bonds is 2. The molecule has 5 rings (SSSR count). The van der Waals surface area contributed by atoms with Gasteiger partial charge in [0.1, 0.15) is 5.69 Å². The van der Waals surface area contributed by atoms with Crippen molar-refractivity contribution in [2.24, 2.45) is 0 Å². The van der Waals surface area contributed by atoms with Crippen LogP contribution in [0.4, 0.5) is 11.6 Å². The molecule has 0 N–H and O–H groups in total. The van der Waals surface area contributed by atoms with Gasteiger partial charge < -0.3 is 9.80 Å². The lowest BCUT2D eigenvalue weighted by Gasteiger charge is -2.29. The summed E-state index contributed by atoms with van der Waals surface area (Å²) in [4.78, 5) is 26.1. The van der Waals surface area contributed by atoms with Crippen molar-refractivity contribution >= 4 is 17.5 Å². The highest BCUT2D eigenvalue weighted by atomic mass is 16.2. The summed E-state index contributed by atoms with van der Waals surface area (Å²) in [6.45, 7) is 2.34. The number of nitrogens with zero attached hydrogens (tertiary/aromatic N) is 4. The molecule has 0 aliphatic carbocycles. The molecule has 5 heteroatoms. The van der Waals surface area contributed by atoms with Crippen molar-refractivity contribution in [3.05, 3.63) is 83.2 Å². The molecule has 3 aromatic rings. The largest absolute Gasteiger partial charge is 0.336 e. The molecule has 134 valence electrons. The normalized spacial score (nSPS) is 15.4. The lowest BCUT2D eigenvalue weighted by Crippen LogP contribution is -2.33. The van der Waals surface area contributed by atoms with Crippen LogP contribution in [0.15, 0.2) is 60.8 Å². The van der Waals surface area contributed by atoms with Crippen molar-refractivity contribution < 1.29 is 4.79 Å². The van der Waals surface area contributed by atoms with Crippen molar-refractivity contribution in [2.45, 2.75) is 19.4 Å². The zero-order valence-corrected chi connectivity index (χ0v) is 15.0. The third-order valence-electron chi connectivity index (χ3n) is 5.41. The van der Waals surface area contributed by atoms with E-state index in [0.717, 1.165) is 31.6 Å². The fourth-order valence-electron chi connectivity index (χ4n) is 3.97. The molecule has 0 radical (unpaired) electrons. The number of para-hydroxylation sites is 1. The highest BCUT2D eigenvalue weighted by Gasteiger charge is 2.27. The molecule has 3 heterocycles. The first-order valence-electron chi connectivity index (χ1n) is 9.34. The second-order valence-corrected chi connectivity index (χ2v) is 7.02. The molecule has 0 saturated heterocycles. The van der Waals surface area contributed by atoms with E-state index in [2.05, 4.69) is 45.2 Å². The highest BCUT2D eigenvalue weighted by molar-refractivity contribution is 6.06. The zero-order valence-electron chi connectivity index (χ0n) is 15.0. The summed E-state index contributed by atoms with van der Waals surface area (Å²) >= 11 is 0. The van der Waals surface area contributed by atoms with E-state index in [9.17, 15) is 4.79 Å². The highest BCUT2D eigenvalue weighted by Crippen LogP contribution is 2.29. The minimum atomic E-state index is -0.0546. The number of fused-ring (bicyclic) bond motifs is 2. The Morgan fingerprint density at radius 2 is 1.59 bits per heavy atom. The van der Waals surface area contributed by atoms with Crippen LogP contribution in [0.5, 0.6) is 0 Å². The van der Waals surface area contributed by atoms with Crippen LogP contribution in [0.3, 0.4) is 0 Å². The maximum atomic E-state index is 13.1. The minimum absolute atomic E-state index is 0.0546. The smallest absolute Gasteiger partial charge is 0.277 e. The molecule has 0 atom stereocenters. The molecule has 0 unspecified atom stereocenters. The molecule has 2 aliphatic heterocycles.